The Labute approximate surface area is 134 Å². The van der Waals surface area contributed by atoms with E-state index < -0.39 is 6.04 Å². The Morgan fingerprint density at radius 2 is 2.23 bits per heavy atom. The van der Waals surface area contributed by atoms with Gasteiger partial charge in [-0.3, -0.25) is 4.79 Å². The zero-order valence-corrected chi connectivity index (χ0v) is 13.3. The summed E-state index contributed by atoms with van der Waals surface area (Å²) >= 11 is 5.93. The maximum atomic E-state index is 11.7. The molecule has 0 aliphatic carbocycles. The van der Waals surface area contributed by atoms with Gasteiger partial charge in [0, 0.05) is 23.6 Å². The van der Waals surface area contributed by atoms with E-state index in [1.807, 2.05) is 26.0 Å². The highest BCUT2D eigenvalue weighted by atomic mass is 35.5. The molecule has 3 N–H and O–H groups in total. The van der Waals surface area contributed by atoms with Crippen LogP contribution in [-0.2, 0) is 11.2 Å². The molecule has 118 valence electrons. The van der Waals surface area contributed by atoms with Crippen molar-refractivity contribution in [2.75, 3.05) is 6.54 Å². The second-order valence-electron chi connectivity index (χ2n) is 5.33. The molecule has 1 aromatic carbocycles. The number of rotatable bonds is 6. The lowest BCUT2D eigenvalue weighted by molar-refractivity contribution is -0.123. The van der Waals surface area contributed by atoms with Gasteiger partial charge in [-0.15, -0.1) is 0 Å². The predicted molar refractivity (Wildman–Crippen MR) is 84.3 cm³/mol. The smallest absolute Gasteiger partial charge is 0.237 e. The van der Waals surface area contributed by atoms with Crippen LogP contribution in [0.2, 0.25) is 5.02 Å². The van der Waals surface area contributed by atoms with Gasteiger partial charge >= 0.3 is 0 Å². The molecule has 0 saturated carbocycles. The monoisotopic (exact) mass is 322 g/mol. The Hall–Kier alpha value is -1.92. The van der Waals surface area contributed by atoms with Crippen LogP contribution in [0.4, 0.5) is 0 Å². The van der Waals surface area contributed by atoms with Crippen molar-refractivity contribution >= 4 is 17.5 Å². The highest BCUT2D eigenvalue weighted by Crippen LogP contribution is 2.19. The van der Waals surface area contributed by atoms with Gasteiger partial charge in [0.25, 0.3) is 0 Å². The van der Waals surface area contributed by atoms with E-state index in [9.17, 15) is 4.79 Å². The number of hydrogen-bond donors (Lipinski definition) is 2. The number of nitrogens with two attached hydrogens (primary N) is 1. The summed E-state index contributed by atoms with van der Waals surface area (Å²) in [7, 11) is 0. The molecule has 1 atom stereocenters. The maximum Gasteiger partial charge on any atom is 0.237 e. The minimum absolute atomic E-state index is 0.0952. The fraction of sp³-hybridized carbons (Fsp3) is 0.400. The molecule has 0 saturated heterocycles. The molecule has 0 aliphatic rings. The van der Waals surface area contributed by atoms with Gasteiger partial charge in [0.15, 0.2) is 0 Å². The Balaban J connectivity index is 1.89. The maximum absolute atomic E-state index is 11.7. The molecule has 7 heteroatoms. The second-order valence-corrected chi connectivity index (χ2v) is 5.77. The van der Waals surface area contributed by atoms with Crippen molar-refractivity contribution in [3.05, 3.63) is 35.2 Å². The van der Waals surface area contributed by atoms with E-state index >= 15 is 0 Å². The standard InChI is InChI=1S/C15H19ClN4O2/c1-9(2)13(17)15(21)18-7-6-12-19-14(20-22-12)10-4-3-5-11(16)8-10/h3-5,8-9,13H,6-7,17H2,1-2H3,(H,18,21)/t13-/m0/s1. The summed E-state index contributed by atoms with van der Waals surface area (Å²) in [5.41, 5.74) is 6.54. The number of carbonyl (C=O) groups excluding carboxylic acids is 1. The van der Waals surface area contributed by atoms with Crippen molar-refractivity contribution in [2.24, 2.45) is 11.7 Å². The second kappa shape index (κ2) is 7.38. The van der Waals surface area contributed by atoms with Crippen molar-refractivity contribution in [3.63, 3.8) is 0 Å². The molecule has 0 aliphatic heterocycles. The lowest BCUT2D eigenvalue weighted by atomic mass is 10.1. The van der Waals surface area contributed by atoms with Crippen molar-refractivity contribution in [1.82, 2.24) is 15.5 Å². The van der Waals surface area contributed by atoms with Gasteiger partial charge in [-0.25, -0.2) is 0 Å². The molecule has 1 amide bonds. The summed E-state index contributed by atoms with van der Waals surface area (Å²) in [5.74, 6) is 0.846. The molecule has 0 spiro atoms. The first kappa shape index (κ1) is 16.5. The number of benzene rings is 1. The molecule has 0 radical (unpaired) electrons. The summed E-state index contributed by atoms with van der Waals surface area (Å²) in [6.45, 7) is 4.20. The number of amides is 1. The summed E-state index contributed by atoms with van der Waals surface area (Å²) in [6, 6.07) is 6.70. The van der Waals surface area contributed by atoms with E-state index in [1.54, 1.807) is 12.1 Å². The van der Waals surface area contributed by atoms with Crippen LogP contribution in [-0.4, -0.2) is 28.6 Å². The van der Waals surface area contributed by atoms with E-state index in [4.69, 9.17) is 21.9 Å². The third-order valence-corrected chi connectivity index (χ3v) is 3.45. The first-order chi connectivity index (χ1) is 10.5. The van der Waals surface area contributed by atoms with E-state index in [1.165, 1.54) is 0 Å². The van der Waals surface area contributed by atoms with Crippen LogP contribution in [0.3, 0.4) is 0 Å². The van der Waals surface area contributed by atoms with Crippen LogP contribution >= 0.6 is 11.6 Å². The molecule has 2 aromatic rings. The van der Waals surface area contributed by atoms with Gasteiger partial charge in [-0.2, -0.15) is 4.98 Å². The van der Waals surface area contributed by atoms with Crippen molar-refractivity contribution in [2.45, 2.75) is 26.3 Å². The molecule has 1 aromatic heterocycles. The van der Waals surface area contributed by atoms with Crippen LogP contribution < -0.4 is 11.1 Å². The number of halogens is 1. The van der Waals surface area contributed by atoms with E-state index in [2.05, 4.69) is 15.5 Å². The summed E-state index contributed by atoms with van der Waals surface area (Å²) in [6.07, 6.45) is 0.449. The topological polar surface area (TPSA) is 94.0 Å². The van der Waals surface area contributed by atoms with Crippen LogP contribution in [0.15, 0.2) is 28.8 Å². The first-order valence-electron chi connectivity index (χ1n) is 7.09. The third kappa shape index (κ3) is 4.29. The van der Waals surface area contributed by atoms with Crippen LogP contribution in [0, 0.1) is 5.92 Å². The molecule has 2 rings (SSSR count). The van der Waals surface area contributed by atoms with Gasteiger partial charge in [0.1, 0.15) is 0 Å². The largest absolute Gasteiger partial charge is 0.354 e. The van der Waals surface area contributed by atoms with Gasteiger partial charge in [0.05, 0.1) is 6.04 Å². The lowest BCUT2D eigenvalue weighted by Gasteiger charge is -2.14. The quantitative estimate of drug-likeness (QED) is 0.848. The van der Waals surface area contributed by atoms with E-state index in [-0.39, 0.29) is 11.8 Å². The summed E-state index contributed by atoms with van der Waals surface area (Å²) in [5, 5.41) is 7.27. The number of nitrogens with one attached hydrogen (secondary N) is 1. The SMILES string of the molecule is CC(C)[C@H](N)C(=O)NCCc1nc(-c2cccc(Cl)c2)no1. The van der Waals surface area contributed by atoms with E-state index in [0.717, 1.165) is 5.56 Å². The Morgan fingerprint density at radius 3 is 2.91 bits per heavy atom. The Kier molecular flexibility index (Phi) is 5.51. The van der Waals surface area contributed by atoms with Crippen molar-refractivity contribution < 1.29 is 9.32 Å². The number of aromatic nitrogens is 2. The average Bonchev–Trinajstić information content (AvgIpc) is 2.95. The first-order valence-corrected chi connectivity index (χ1v) is 7.47. The molecule has 0 bridgehead atoms. The molecule has 1 heterocycles. The number of carbonyl (C=O) groups is 1. The Bertz CT molecular complexity index is 642. The minimum atomic E-state index is -0.510. The van der Waals surface area contributed by atoms with Gasteiger partial charge in [-0.1, -0.05) is 42.7 Å². The van der Waals surface area contributed by atoms with E-state index in [0.29, 0.717) is 29.7 Å². The average molecular weight is 323 g/mol. The molecular weight excluding hydrogens is 304 g/mol. The van der Waals surface area contributed by atoms with Crippen molar-refractivity contribution in [3.8, 4) is 11.4 Å². The van der Waals surface area contributed by atoms with Gasteiger partial charge in [-0.05, 0) is 18.1 Å². The highest BCUT2D eigenvalue weighted by Gasteiger charge is 2.17. The third-order valence-electron chi connectivity index (χ3n) is 3.21. The molecule has 22 heavy (non-hydrogen) atoms. The summed E-state index contributed by atoms with van der Waals surface area (Å²) < 4.78 is 5.16. The number of nitrogens with zero attached hydrogens (tertiary/aromatic N) is 2. The lowest BCUT2D eigenvalue weighted by Crippen LogP contribution is -2.44. The fourth-order valence-electron chi connectivity index (χ4n) is 1.81. The number of hydrogen-bond acceptors (Lipinski definition) is 5. The molecule has 0 unspecified atom stereocenters. The minimum Gasteiger partial charge on any atom is -0.354 e. The molecule has 0 fully saturated rings. The van der Waals surface area contributed by atoms with Crippen LogP contribution in [0.1, 0.15) is 19.7 Å². The normalized spacial score (nSPS) is 12.4. The zero-order valence-electron chi connectivity index (χ0n) is 12.5. The summed E-state index contributed by atoms with van der Waals surface area (Å²) in [4.78, 5) is 16.0. The predicted octanol–water partition coefficient (Wildman–Crippen LogP) is 2.03. The highest BCUT2D eigenvalue weighted by molar-refractivity contribution is 6.30. The van der Waals surface area contributed by atoms with Gasteiger partial charge < -0.3 is 15.6 Å². The molecular formula is C15H19ClN4O2. The molecule has 6 nitrogen and oxygen atoms in total. The van der Waals surface area contributed by atoms with Crippen molar-refractivity contribution in [1.29, 1.82) is 0 Å². The fourth-order valence-corrected chi connectivity index (χ4v) is 2.00. The zero-order chi connectivity index (χ0) is 16.1. The Morgan fingerprint density at radius 1 is 1.45 bits per heavy atom. The van der Waals surface area contributed by atoms with Gasteiger partial charge in [0.2, 0.25) is 17.6 Å². The van der Waals surface area contributed by atoms with Crippen LogP contribution in [0.25, 0.3) is 11.4 Å². The van der Waals surface area contributed by atoms with Crippen LogP contribution in [0.5, 0.6) is 0 Å².